The second kappa shape index (κ2) is 24.4. The molecule has 7 rings (SSSR count). The minimum atomic E-state index is -0.300. The van der Waals surface area contributed by atoms with Gasteiger partial charge in [0.2, 0.25) is 0 Å². The lowest BCUT2D eigenvalue weighted by Crippen LogP contribution is -2.30. The van der Waals surface area contributed by atoms with Crippen molar-refractivity contribution in [2.75, 3.05) is 21.3 Å². The Labute approximate surface area is 441 Å². The lowest BCUT2D eigenvalue weighted by atomic mass is 9.65. The van der Waals surface area contributed by atoms with Crippen molar-refractivity contribution in [3.05, 3.63) is 175 Å². The number of aryl methyl sites for hydroxylation is 8. The van der Waals surface area contributed by atoms with Crippen LogP contribution < -0.4 is 28.4 Å². The van der Waals surface area contributed by atoms with Crippen LogP contribution in [0.1, 0.15) is 158 Å². The molecule has 0 heterocycles. The highest BCUT2D eigenvalue weighted by Gasteiger charge is 2.36. The van der Waals surface area contributed by atoms with E-state index in [9.17, 15) is 14.4 Å². The third kappa shape index (κ3) is 13.4. The van der Waals surface area contributed by atoms with E-state index < -0.39 is 0 Å². The zero-order valence-electron chi connectivity index (χ0n) is 47.4. The molecule has 0 aliphatic heterocycles. The molecule has 0 saturated heterocycles. The van der Waals surface area contributed by atoms with Crippen LogP contribution in [-0.4, -0.2) is 39.2 Å². The summed E-state index contributed by atoms with van der Waals surface area (Å²) in [5.41, 5.74) is 15.7. The summed E-state index contributed by atoms with van der Waals surface area (Å²) in [6.07, 6.45) is 6.04. The topological polar surface area (TPSA) is 107 Å². The lowest BCUT2D eigenvalue weighted by molar-refractivity contribution is -0.132. The van der Waals surface area contributed by atoms with Gasteiger partial charge in [-0.2, -0.15) is 0 Å². The zero-order valence-corrected chi connectivity index (χ0v) is 47.4. The molecular formula is C65H80O9. The van der Waals surface area contributed by atoms with Gasteiger partial charge in [0.15, 0.2) is 0 Å². The number of methoxy groups -OCH3 is 3. The first-order valence-electron chi connectivity index (χ1n) is 25.6. The van der Waals surface area contributed by atoms with Crippen LogP contribution in [0.15, 0.2) is 97.1 Å². The Morgan fingerprint density at radius 1 is 0.378 bits per heavy atom. The lowest BCUT2D eigenvalue weighted by Gasteiger charge is -2.39. The van der Waals surface area contributed by atoms with Crippen LogP contribution >= 0.6 is 0 Å². The van der Waals surface area contributed by atoms with Crippen LogP contribution in [-0.2, 0) is 30.6 Å². The summed E-state index contributed by atoms with van der Waals surface area (Å²) >= 11 is 0. The molecule has 0 unspecified atom stereocenters. The summed E-state index contributed by atoms with van der Waals surface area (Å²) in [7, 11) is 5.11. The second-order valence-corrected chi connectivity index (χ2v) is 21.1. The molecule has 0 spiro atoms. The molecule has 1 aliphatic rings. The standard InChI is InChI=1S/C23H28O3.C22H28O3.C20H24O3/c1-16-14-19(8-10-21(16)25-4)23(12-6-5-7-13-23)20-9-11-22(17(2)15-20)26-18(3)24;1-13-9-18(10-14(2)20(13)24-8)22(6,7)19-11-15(3)21(16(4)12-19)25-17(5)23;1-13-11-16(7-9-18(13)22-6)20(4,5)17-8-10-19(14(2)12-17)23-15(3)21/h8-11,14-15H,5-7,12-13H2,1-4H3;9-12H,1-8H3;7-12H,1-6H3. The summed E-state index contributed by atoms with van der Waals surface area (Å²) in [5, 5.41) is 0. The van der Waals surface area contributed by atoms with E-state index in [0.717, 1.165) is 69.0 Å². The molecule has 6 aromatic carbocycles. The van der Waals surface area contributed by atoms with Gasteiger partial charge in [0.1, 0.15) is 34.5 Å². The molecule has 74 heavy (non-hydrogen) atoms. The molecule has 1 saturated carbocycles. The van der Waals surface area contributed by atoms with E-state index in [2.05, 4.69) is 121 Å². The van der Waals surface area contributed by atoms with Crippen LogP contribution in [0.2, 0.25) is 0 Å². The fourth-order valence-corrected chi connectivity index (χ4v) is 10.4. The van der Waals surface area contributed by atoms with Crippen LogP contribution in [0.4, 0.5) is 0 Å². The Hall–Kier alpha value is -6.87. The van der Waals surface area contributed by atoms with E-state index >= 15 is 0 Å². The SMILES string of the molecule is COc1c(C)cc(C(C)(C)c2cc(C)c(OC(C)=O)c(C)c2)cc1C.COc1ccc(C(C)(C)c2ccc(OC(C)=O)c(C)c2)cc1C.COc1ccc(C2(c3ccc(OC(C)=O)c(C)c3)CCCCC2)cc1C. The van der Waals surface area contributed by atoms with Crippen LogP contribution in [0.5, 0.6) is 34.5 Å². The smallest absolute Gasteiger partial charge is 0.308 e. The maximum absolute atomic E-state index is 11.3. The fraction of sp³-hybridized carbons (Fsp3) is 0.400. The van der Waals surface area contributed by atoms with E-state index in [1.54, 1.807) is 21.3 Å². The highest BCUT2D eigenvalue weighted by Crippen LogP contribution is 2.47. The number of hydrogen-bond donors (Lipinski definition) is 0. The van der Waals surface area contributed by atoms with Crippen molar-refractivity contribution in [2.45, 2.75) is 152 Å². The minimum Gasteiger partial charge on any atom is -0.496 e. The van der Waals surface area contributed by atoms with Gasteiger partial charge in [0.05, 0.1) is 21.3 Å². The third-order valence-corrected chi connectivity index (χ3v) is 14.7. The molecule has 0 amide bonds. The van der Waals surface area contributed by atoms with Crippen molar-refractivity contribution in [1.29, 1.82) is 0 Å². The van der Waals surface area contributed by atoms with Gasteiger partial charge in [-0.05, 0) is 170 Å². The van der Waals surface area contributed by atoms with Crippen molar-refractivity contribution < 1.29 is 42.8 Å². The Morgan fingerprint density at radius 2 is 0.703 bits per heavy atom. The fourth-order valence-electron chi connectivity index (χ4n) is 10.4. The quantitative estimate of drug-likeness (QED) is 0.0875. The predicted molar refractivity (Wildman–Crippen MR) is 298 cm³/mol. The summed E-state index contributed by atoms with van der Waals surface area (Å²) < 4.78 is 32.2. The Bertz CT molecular complexity index is 2940. The zero-order chi connectivity index (χ0) is 54.9. The Morgan fingerprint density at radius 3 is 1.05 bits per heavy atom. The first-order valence-corrected chi connectivity index (χ1v) is 25.6. The Kier molecular flexibility index (Phi) is 19.2. The number of ether oxygens (including phenoxy) is 6. The van der Waals surface area contributed by atoms with Gasteiger partial charge in [-0.15, -0.1) is 0 Å². The molecule has 0 aromatic heterocycles. The molecule has 9 heteroatoms. The van der Waals surface area contributed by atoms with Crippen molar-refractivity contribution in [1.82, 2.24) is 0 Å². The highest BCUT2D eigenvalue weighted by atomic mass is 16.5. The maximum atomic E-state index is 11.3. The van der Waals surface area contributed by atoms with E-state index in [4.69, 9.17) is 28.4 Å². The number of carbonyl (C=O) groups excluding carboxylic acids is 3. The predicted octanol–water partition coefficient (Wildman–Crippen LogP) is 15.2. The van der Waals surface area contributed by atoms with E-state index in [0.29, 0.717) is 17.2 Å². The molecule has 0 atom stereocenters. The first-order chi connectivity index (χ1) is 34.8. The third-order valence-electron chi connectivity index (χ3n) is 14.7. The highest BCUT2D eigenvalue weighted by molar-refractivity contribution is 5.71. The summed E-state index contributed by atoms with van der Waals surface area (Å²) in [6, 6.07) is 33.7. The average Bonchev–Trinajstić information content (AvgIpc) is 3.34. The number of benzene rings is 6. The number of esters is 3. The molecule has 0 N–H and O–H groups in total. The molecule has 1 fully saturated rings. The van der Waals surface area contributed by atoms with Gasteiger partial charge in [-0.1, -0.05) is 120 Å². The van der Waals surface area contributed by atoms with E-state index in [1.165, 1.54) is 79.0 Å². The molecule has 6 aromatic rings. The van der Waals surface area contributed by atoms with Gasteiger partial charge in [-0.25, -0.2) is 0 Å². The summed E-state index contributed by atoms with van der Waals surface area (Å²) in [5.74, 6) is 3.82. The van der Waals surface area contributed by atoms with Crippen molar-refractivity contribution in [3.63, 3.8) is 0 Å². The molecule has 9 nitrogen and oxygen atoms in total. The monoisotopic (exact) mass is 1000 g/mol. The van der Waals surface area contributed by atoms with Crippen molar-refractivity contribution in [2.24, 2.45) is 0 Å². The second-order valence-electron chi connectivity index (χ2n) is 21.1. The maximum Gasteiger partial charge on any atom is 0.308 e. The van der Waals surface area contributed by atoms with Gasteiger partial charge in [0.25, 0.3) is 0 Å². The van der Waals surface area contributed by atoms with Crippen molar-refractivity contribution >= 4 is 17.9 Å². The van der Waals surface area contributed by atoms with Gasteiger partial charge < -0.3 is 28.4 Å². The number of rotatable bonds is 12. The molecular weight excluding hydrogens is 925 g/mol. The number of carbonyl (C=O) groups is 3. The average molecular weight is 1010 g/mol. The van der Waals surface area contributed by atoms with Crippen molar-refractivity contribution in [3.8, 4) is 34.5 Å². The van der Waals surface area contributed by atoms with E-state index in [-0.39, 0.29) is 34.2 Å². The van der Waals surface area contributed by atoms with Crippen LogP contribution in [0.25, 0.3) is 0 Å². The van der Waals surface area contributed by atoms with Crippen LogP contribution in [0, 0.1) is 55.4 Å². The summed E-state index contributed by atoms with van der Waals surface area (Å²) in [6.45, 7) is 29.3. The largest absolute Gasteiger partial charge is 0.496 e. The molecule has 394 valence electrons. The minimum absolute atomic E-state index is 0.0226. The van der Waals surface area contributed by atoms with Gasteiger partial charge in [0, 0.05) is 37.0 Å². The molecule has 0 radical (unpaired) electrons. The normalized spacial score (nSPS) is 13.0. The summed E-state index contributed by atoms with van der Waals surface area (Å²) in [4.78, 5) is 33.8. The molecule has 0 bridgehead atoms. The molecule has 1 aliphatic carbocycles. The van der Waals surface area contributed by atoms with Crippen LogP contribution in [0.3, 0.4) is 0 Å². The van der Waals surface area contributed by atoms with Gasteiger partial charge >= 0.3 is 17.9 Å². The Balaban J connectivity index is 0.000000206. The first kappa shape index (κ1) is 58.0. The van der Waals surface area contributed by atoms with E-state index in [1.807, 2.05) is 58.9 Å². The number of hydrogen-bond acceptors (Lipinski definition) is 9. The van der Waals surface area contributed by atoms with Gasteiger partial charge in [-0.3, -0.25) is 14.4 Å².